The van der Waals surface area contributed by atoms with E-state index in [9.17, 15) is 18.0 Å². The summed E-state index contributed by atoms with van der Waals surface area (Å²) in [5.74, 6) is 0.0284. The minimum atomic E-state index is -3.78. The lowest BCUT2D eigenvalue weighted by molar-refractivity contribution is -0.108. The maximum atomic E-state index is 13.0. The van der Waals surface area contributed by atoms with Gasteiger partial charge in [-0.25, -0.2) is 18.0 Å². The van der Waals surface area contributed by atoms with Crippen molar-refractivity contribution in [3.8, 4) is 5.95 Å². The topological polar surface area (TPSA) is 126 Å². The van der Waals surface area contributed by atoms with E-state index in [-0.39, 0.29) is 17.4 Å². The number of aromatic nitrogens is 3. The molecule has 0 aliphatic heterocycles. The molecule has 3 aromatic rings. The fourth-order valence-corrected chi connectivity index (χ4v) is 4.19. The lowest BCUT2D eigenvalue weighted by atomic mass is 10.2. The molecule has 0 aliphatic carbocycles. The van der Waals surface area contributed by atoms with E-state index in [2.05, 4.69) is 26.6 Å². The maximum absolute atomic E-state index is 13.0. The number of nitrogens with one attached hydrogen (secondary N) is 3. The number of aromatic amines is 1. The van der Waals surface area contributed by atoms with E-state index in [1.54, 1.807) is 49.5 Å². The van der Waals surface area contributed by atoms with Crippen LogP contribution in [0.4, 0.5) is 5.69 Å². The third-order valence-electron chi connectivity index (χ3n) is 4.53. The molecule has 0 bridgehead atoms. The number of anilines is 1. The standard InChI is InChI=1S/C21H23N5O4S/c1-15(23-14-27)8-10-18-12-22-21(24-18)26-16(2)9-11-19(20(26)28)25-31(29,30)13-17-6-4-3-5-7-17/h3-7,9,11-12,14,25H,1,8,10,13H2,2H3,(H,22,24)(H,23,27). The number of H-pyrrole nitrogens is 1. The van der Waals surface area contributed by atoms with Gasteiger partial charge in [0.25, 0.3) is 5.56 Å². The van der Waals surface area contributed by atoms with Crippen molar-refractivity contribution in [2.75, 3.05) is 4.72 Å². The van der Waals surface area contributed by atoms with Crippen LogP contribution in [0, 0.1) is 6.92 Å². The van der Waals surface area contributed by atoms with E-state index < -0.39 is 15.6 Å². The molecule has 0 radical (unpaired) electrons. The summed E-state index contributed by atoms with van der Waals surface area (Å²) in [6.07, 6.45) is 3.19. The van der Waals surface area contributed by atoms with Crippen molar-refractivity contribution >= 4 is 22.1 Å². The van der Waals surface area contributed by atoms with Crippen LogP contribution in [0.3, 0.4) is 0 Å². The average molecular weight is 442 g/mol. The van der Waals surface area contributed by atoms with E-state index in [1.807, 2.05) is 0 Å². The molecule has 0 spiro atoms. The Morgan fingerprint density at radius 1 is 1.23 bits per heavy atom. The van der Waals surface area contributed by atoms with Gasteiger partial charge >= 0.3 is 0 Å². The first kappa shape index (κ1) is 22.0. The first-order valence-electron chi connectivity index (χ1n) is 9.48. The lowest BCUT2D eigenvalue weighted by Crippen LogP contribution is -2.27. The van der Waals surface area contributed by atoms with Gasteiger partial charge in [-0.05, 0) is 37.5 Å². The van der Waals surface area contributed by atoms with E-state index >= 15 is 0 Å². The number of carbonyl (C=O) groups is 1. The highest BCUT2D eigenvalue weighted by Crippen LogP contribution is 2.13. The van der Waals surface area contributed by atoms with Gasteiger partial charge in [-0.3, -0.25) is 14.3 Å². The van der Waals surface area contributed by atoms with E-state index in [1.165, 1.54) is 10.6 Å². The molecule has 2 heterocycles. The molecule has 0 unspecified atom stereocenters. The van der Waals surface area contributed by atoms with Crippen LogP contribution >= 0.6 is 0 Å². The van der Waals surface area contributed by atoms with Crippen molar-refractivity contribution < 1.29 is 13.2 Å². The molecule has 31 heavy (non-hydrogen) atoms. The number of benzene rings is 1. The van der Waals surface area contributed by atoms with Crippen LogP contribution in [0.1, 0.15) is 23.4 Å². The van der Waals surface area contributed by atoms with Gasteiger partial charge in [0.05, 0.1) is 11.9 Å². The van der Waals surface area contributed by atoms with Crippen LogP contribution in [-0.2, 0) is 27.0 Å². The Morgan fingerprint density at radius 3 is 2.68 bits per heavy atom. The Hall–Kier alpha value is -3.66. The number of hydrogen-bond donors (Lipinski definition) is 3. The van der Waals surface area contributed by atoms with Crippen molar-refractivity contribution in [2.45, 2.75) is 25.5 Å². The Balaban J connectivity index is 1.82. The zero-order valence-electron chi connectivity index (χ0n) is 17.0. The average Bonchev–Trinajstić information content (AvgIpc) is 3.18. The molecule has 10 heteroatoms. The molecular formula is C21H23N5O4S. The van der Waals surface area contributed by atoms with Crippen LogP contribution in [0.25, 0.3) is 5.95 Å². The fourth-order valence-electron chi connectivity index (χ4n) is 3.00. The molecular weight excluding hydrogens is 418 g/mol. The number of nitrogens with zero attached hydrogens (tertiary/aromatic N) is 2. The second-order valence-corrected chi connectivity index (χ2v) is 8.70. The van der Waals surface area contributed by atoms with Gasteiger partial charge in [-0.15, -0.1) is 0 Å². The molecule has 0 atom stereocenters. The third-order valence-corrected chi connectivity index (χ3v) is 5.77. The highest BCUT2D eigenvalue weighted by molar-refractivity contribution is 7.91. The summed E-state index contributed by atoms with van der Waals surface area (Å²) >= 11 is 0. The van der Waals surface area contributed by atoms with Crippen molar-refractivity contribution in [3.63, 3.8) is 0 Å². The summed E-state index contributed by atoms with van der Waals surface area (Å²) in [5.41, 5.74) is 1.90. The fraction of sp³-hybridized carbons (Fsp3) is 0.190. The van der Waals surface area contributed by atoms with Crippen LogP contribution in [0.5, 0.6) is 0 Å². The van der Waals surface area contributed by atoms with Crippen LogP contribution < -0.4 is 15.6 Å². The molecule has 9 nitrogen and oxygen atoms in total. The van der Waals surface area contributed by atoms with E-state index in [4.69, 9.17) is 0 Å². The second-order valence-electron chi connectivity index (χ2n) is 6.97. The monoisotopic (exact) mass is 441 g/mol. The predicted molar refractivity (Wildman–Crippen MR) is 118 cm³/mol. The first-order chi connectivity index (χ1) is 14.8. The van der Waals surface area contributed by atoms with Crippen molar-refractivity contribution in [1.29, 1.82) is 0 Å². The minimum absolute atomic E-state index is 0.0666. The molecule has 0 saturated heterocycles. The van der Waals surface area contributed by atoms with E-state index in [0.29, 0.717) is 36.2 Å². The van der Waals surface area contributed by atoms with Crippen LogP contribution in [0.15, 0.2) is 65.7 Å². The number of rotatable bonds is 10. The van der Waals surface area contributed by atoms with Crippen LogP contribution in [0.2, 0.25) is 0 Å². The van der Waals surface area contributed by atoms with Gasteiger partial charge in [0, 0.05) is 17.1 Å². The lowest BCUT2D eigenvalue weighted by Gasteiger charge is -2.12. The van der Waals surface area contributed by atoms with Crippen molar-refractivity contribution in [3.05, 3.63) is 88.2 Å². The molecule has 1 amide bonds. The maximum Gasteiger partial charge on any atom is 0.281 e. The number of carbonyl (C=O) groups excluding carboxylic acids is 1. The number of aryl methyl sites for hydroxylation is 2. The Morgan fingerprint density at radius 2 is 1.97 bits per heavy atom. The number of allylic oxidation sites excluding steroid dienone is 1. The molecule has 3 rings (SSSR count). The van der Waals surface area contributed by atoms with Crippen molar-refractivity contribution in [1.82, 2.24) is 19.9 Å². The Kier molecular flexibility index (Phi) is 6.71. The zero-order valence-corrected chi connectivity index (χ0v) is 17.8. The summed E-state index contributed by atoms with van der Waals surface area (Å²) in [5, 5.41) is 2.49. The van der Waals surface area contributed by atoms with Gasteiger partial charge in [0.2, 0.25) is 22.4 Å². The molecule has 162 valence electrons. The zero-order chi connectivity index (χ0) is 22.4. The Bertz CT molecular complexity index is 1250. The highest BCUT2D eigenvalue weighted by atomic mass is 32.2. The largest absolute Gasteiger partial charge is 0.333 e. The SMILES string of the molecule is C=C(CCc1cnc(-n2c(C)ccc(NS(=O)(=O)Cc3ccccc3)c2=O)[nH]1)NC=O. The first-order valence-corrected chi connectivity index (χ1v) is 11.1. The normalized spacial score (nSPS) is 11.1. The number of amides is 1. The number of imidazole rings is 1. The van der Waals surface area contributed by atoms with E-state index in [0.717, 1.165) is 5.69 Å². The summed E-state index contributed by atoms with van der Waals surface area (Å²) in [6, 6.07) is 11.8. The summed E-state index contributed by atoms with van der Waals surface area (Å²) in [7, 11) is -3.78. The molecule has 2 aromatic heterocycles. The van der Waals surface area contributed by atoms with Gasteiger partial charge < -0.3 is 10.3 Å². The van der Waals surface area contributed by atoms with Gasteiger partial charge in [-0.2, -0.15) is 0 Å². The molecule has 3 N–H and O–H groups in total. The molecule has 1 aromatic carbocycles. The number of sulfonamides is 1. The third kappa shape index (κ3) is 5.70. The van der Waals surface area contributed by atoms with Crippen molar-refractivity contribution in [2.24, 2.45) is 0 Å². The number of hydrogen-bond acceptors (Lipinski definition) is 5. The minimum Gasteiger partial charge on any atom is -0.333 e. The number of pyridine rings is 1. The van der Waals surface area contributed by atoms with Gasteiger partial charge in [-0.1, -0.05) is 36.9 Å². The molecule has 0 aliphatic rings. The quantitative estimate of drug-likeness (QED) is 0.415. The Labute approximate surface area is 179 Å². The molecule has 0 saturated carbocycles. The second kappa shape index (κ2) is 9.43. The highest BCUT2D eigenvalue weighted by Gasteiger charge is 2.17. The predicted octanol–water partition coefficient (Wildman–Crippen LogP) is 2.00. The smallest absolute Gasteiger partial charge is 0.281 e. The summed E-state index contributed by atoms with van der Waals surface area (Å²) in [6.45, 7) is 5.46. The molecule has 0 fully saturated rings. The summed E-state index contributed by atoms with van der Waals surface area (Å²) < 4.78 is 28.8. The van der Waals surface area contributed by atoms with Gasteiger partial charge in [0.15, 0.2) is 0 Å². The van der Waals surface area contributed by atoms with Gasteiger partial charge in [0.1, 0.15) is 5.69 Å². The van der Waals surface area contributed by atoms with Crippen LogP contribution in [-0.4, -0.2) is 29.4 Å². The summed E-state index contributed by atoms with van der Waals surface area (Å²) in [4.78, 5) is 30.7.